The largest absolute Gasteiger partial charge is 0.468 e. The van der Waals surface area contributed by atoms with Gasteiger partial charge in [-0.2, -0.15) is 0 Å². The van der Waals surface area contributed by atoms with Gasteiger partial charge >= 0.3 is 0 Å². The second kappa shape index (κ2) is 4.59. The van der Waals surface area contributed by atoms with E-state index in [4.69, 9.17) is 16.0 Å². The molecular weight excluding hydrogens is 268 g/mol. The minimum Gasteiger partial charge on any atom is -0.468 e. The third kappa shape index (κ3) is 2.27. The first-order valence-electron chi connectivity index (χ1n) is 5.91. The highest BCUT2D eigenvalue weighted by Crippen LogP contribution is 2.41. The molecule has 5 heteroatoms. The number of rotatable bonds is 3. The molecule has 2 aromatic heterocycles. The molecule has 18 heavy (non-hydrogen) atoms. The van der Waals surface area contributed by atoms with Crippen molar-refractivity contribution in [2.24, 2.45) is 0 Å². The van der Waals surface area contributed by atoms with Crippen LogP contribution in [0.25, 0.3) is 0 Å². The normalized spacial score (nSPS) is 15.1. The van der Waals surface area contributed by atoms with E-state index in [9.17, 15) is 0 Å². The highest BCUT2D eigenvalue weighted by Gasteiger charge is 2.28. The minimum absolute atomic E-state index is 0.507. The van der Waals surface area contributed by atoms with Crippen LogP contribution in [0.15, 0.2) is 26.7 Å². The van der Waals surface area contributed by atoms with Gasteiger partial charge in [0.25, 0.3) is 0 Å². The van der Waals surface area contributed by atoms with Gasteiger partial charge in [-0.15, -0.1) is 0 Å². The van der Waals surface area contributed by atoms with E-state index in [0.29, 0.717) is 11.1 Å². The summed E-state index contributed by atoms with van der Waals surface area (Å²) in [6.45, 7) is 3.90. The monoisotopic (exact) mass is 280 g/mol. The molecule has 0 aliphatic heterocycles. The van der Waals surface area contributed by atoms with Crippen LogP contribution in [0, 0.1) is 13.8 Å². The van der Waals surface area contributed by atoms with Crippen LogP contribution in [0.5, 0.6) is 0 Å². The van der Waals surface area contributed by atoms with Crippen molar-refractivity contribution < 1.29 is 4.42 Å². The lowest BCUT2D eigenvalue weighted by Crippen LogP contribution is -1.98. The lowest BCUT2D eigenvalue weighted by atomic mass is 10.3. The van der Waals surface area contributed by atoms with Gasteiger partial charge < -0.3 is 4.42 Å². The molecule has 1 saturated carbocycles. The number of hydrogen-bond acceptors (Lipinski definition) is 4. The van der Waals surface area contributed by atoms with Gasteiger partial charge in [0.2, 0.25) is 0 Å². The molecule has 1 aliphatic carbocycles. The molecule has 0 atom stereocenters. The van der Waals surface area contributed by atoms with Crippen LogP contribution < -0.4 is 0 Å². The Morgan fingerprint density at radius 2 is 2.11 bits per heavy atom. The second-order valence-electron chi connectivity index (χ2n) is 4.52. The van der Waals surface area contributed by atoms with Crippen molar-refractivity contribution in [2.75, 3.05) is 0 Å². The Morgan fingerprint density at radius 3 is 2.72 bits per heavy atom. The Bertz CT molecular complexity index is 593. The van der Waals surface area contributed by atoms with Gasteiger partial charge in [-0.05, 0) is 32.8 Å². The first-order chi connectivity index (χ1) is 8.65. The molecular formula is C13H13ClN2OS. The molecule has 0 radical (unpaired) electrons. The predicted octanol–water partition coefficient (Wildman–Crippen LogP) is 4.37. The van der Waals surface area contributed by atoms with Crippen LogP contribution in [0.4, 0.5) is 0 Å². The molecule has 3 nitrogen and oxygen atoms in total. The third-order valence-electron chi connectivity index (χ3n) is 3.02. The molecule has 2 aromatic rings. The summed E-state index contributed by atoms with van der Waals surface area (Å²) in [5.74, 6) is 2.30. The zero-order valence-corrected chi connectivity index (χ0v) is 11.8. The molecule has 0 bridgehead atoms. The summed E-state index contributed by atoms with van der Waals surface area (Å²) in [5.41, 5.74) is 0.937. The van der Waals surface area contributed by atoms with E-state index in [1.54, 1.807) is 18.0 Å². The van der Waals surface area contributed by atoms with Gasteiger partial charge in [-0.25, -0.2) is 9.97 Å². The van der Waals surface area contributed by atoms with Crippen molar-refractivity contribution in [3.8, 4) is 0 Å². The highest BCUT2D eigenvalue weighted by molar-refractivity contribution is 7.99. The van der Waals surface area contributed by atoms with E-state index in [0.717, 1.165) is 27.1 Å². The topological polar surface area (TPSA) is 38.9 Å². The van der Waals surface area contributed by atoms with E-state index < -0.39 is 0 Å². The Kier molecular flexibility index (Phi) is 3.08. The Balaban J connectivity index is 1.97. The summed E-state index contributed by atoms with van der Waals surface area (Å²) in [5, 5.41) is 1.50. The van der Waals surface area contributed by atoms with Crippen LogP contribution in [-0.2, 0) is 0 Å². The third-order valence-corrected chi connectivity index (χ3v) is 4.62. The van der Waals surface area contributed by atoms with Crippen molar-refractivity contribution in [3.63, 3.8) is 0 Å². The summed E-state index contributed by atoms with van der Waals surface area (Å²) in [7, 11) is 0. The molecule has 3 rings (SSSR count). The zero-order valence-electron chi connectivity index (χ0n) is 10.2. The zero-order chi connectivity index (χ0) is 12.7. The maximum absolute atomic E-state index is 6.18. The first kappa shape index (κ1) is 12.1. The molecule has 1 fully saturated rings. The summed E-state index contributed by atoms with van der Waals surface area (Å²) in [6, 6.07) is 1.95. The smallest absolute Gasteiger partial charge is 0.136 e. The maximum atomic E-state index is 6.18. The van der Waals surface area contributed by atoms with Crippen molar-refractivity contribution in [1.82, 2.24) is 9.97 Å². The lowest BCUT2D eigenvalue weighted by Gasteiger charge is -2.07. The van der Waals surface area contributed by atoms with Crippen molar-refractivity contribution in [3.05, 3.63) is 34.6 Å². The summed E-state index contributed by atoms with van der Waals surface area (Å²) in [4.78, 5) is 10.1. The quantitative estimate of drug-likeness (QED) is 0.783. The lowest BCUT2D eigenvalue weighted by molar-refractivity contribution is 0.527. The molecule has 0 N–H and O–H groups in total. The van der Waals surface area contributed by atoms with Gasteiger partial charge in [0.15, 0.2) is 0 Å². The molecule has 94 valence electrons. The van der Waals surface area contributed by atoms with Gasteiger partial charge in [-0.1, -0.05) is 23.4 Å². The second-order valence-corrected chi connectivity index (χ2v) is 5.91. The summed E-state index contributed by atoms with van der Waals surface area (Å²) in [6.07, 6.45) is 4.04. The van der Waals surface area contributed by atoms with E-state index in [2.05, 4.69) is 9.97 Å². The Morgan fingerprint density at radius 1 is 1.33 bits per heavy atom. The van der Waals surface area contributed by atoms with Gasteiger partial charge in [0, 0.05) is 11.5 Å². The van der Waals surface area contributed by atoms with Crippen molar-refractivity contribution in [2.45, 2.75) is 42.5 Å². The van der Waals surface area contributed by atoms with Gasteiger partial charge in [0.1, 0.15) is 21.8 Å². The van der Waals surface area contributed by atoms with Crippen LogP contribution >= 0.6 is 23.4 Å². The standard InChI is InChI=1S/C13H13ClN2OS/c1-7-11(14)15-12(9-3-4-9)16-13(7)18-10-5-6-17-8(10)2/h5-6,9H,3-4H2,1-2H3. The highest BCUT2D eigenvalue weighted by atomic mass is 35.5. The number of nitrogens with zero attached hydrogens (tertiary/aromatic N) is 2. The average Bonchev–Trinajstić information content (AvgIpc) is 3.11. The number of halogens is 1. The van der Waals surface area contributed by atoms with Crippen LogP contribution in [0.2, 0.25) is 5.15 Å². The molecule has 0 unspecified atom stereocenters. The predicted molar refractivity (Wildman–Crippen MR) is 71.3 cm³/mol. The number of furan rings is 1. The van der Waals surface area contributed by atoms with Crippen molar-refractivity contribution >= 4 is 23.4 Å². The van der Waals surface area contributed by atoms with E-state index in [1.165, 1.54) is 12.8 Å². The first-order valence-corrected chi connectivity index (χ1v) is 7.10. The maximum Gasteiger partial charge on any atom is 0.136 e. The molecule has 0 saturated heterocycles. The Hall–Kier alpha value is -1.00. The average molecular weight is 281 g/mol. The van der Waals surface area contributed by atoms with Crippen LogP contribution in [0.3, 0.4) is 0 Å². The number of aromatic nitrogens is 2. The SMILES string of the molecule is Cc1occc1Sc1nc(C2CC2)nc(Cl)c1C. The molecule has 2 heterocycles. The van der Waals surface area contributed by atoms with Gasteiger partial charge in [-0.3, -0.25) is 0 Å². The fourth-order valence-corrected chi connectivity index (χ4v) is 2.84. The van der Waals surface area contributed by atoms with E-state index >= 15 is 0 Å². The van der Waals surface area contributed by atoms with E-state index in [1.807, 2.05) is 19.9 Å². The molecule has 0 spiro atoms. The van der Waals surface area contributed by atoms with Gasteiger partial charge in [0.05, 0.1) is 11.2 Å². The van der Waals surface area contributed by atoms with E-state index in [-0.39, 0.29) is 0 Å². The minimum atomic E-state index is 0.507. The molecule has 0 amide bonds. The van der Waals surface area contributed by atoms with Crippen LogP contribution in [-0.4, -0.2) is 9.97 Å². The van der Waals surface area contributed by atoms with Crippen LogP contribution in [0.1, 0.15) is 35.9 Å². The summed E-state index contributed by atoms with van der Waals surface area (Å²) >= 11 is 7.77. The number of hydrogen-bond donors (Lipinski definition) is 0. The Labute approximate surface area is 115 Å². The summed E-state index contributed by atoms with van der Waals surface area (Å²) < 4.78 is 5.30. The fourth-order valence-electron chi connectivity index (χ4n) is 1.69. The fraction of sp³-hybridized carbons (Fsp3) is 0.385. The van der Waals surface area contributed by atoms with Crippen molar-refractivity contribution in [1.29, 1.82) is 0 Å². The molecule has 0 aromatic carbocycles. The molecule has 1 aliphatic rings. The number of aryl methyl sites for hydroxylation is 1.